The predicted octanol–water partition coefficient (Wildman–Crippen LogP) is 1.22. The van der Waals surface area contributed by atoms with Crippen LogP contribution in [-0.4, -0.2) is 45.0 Å². The quantitative estimate of drug-likeness (QED) is 0.646. The van der Waals surface area contributed by atoms with E-state index in [1.54, 1.807) is 7.11 Å². The third-order valence-electron chi connectivity index (χ3n) is 4.32. The fourth-order valence-corrected chi connectivity index (χ4v) is 2.88. The number of guanidine groups is 1. The average Bonchev–Trinajstić information content (AvgIpc) is 3.03. The largest absolute Gasteiger partial charge is 0.493 e. The van der Waals surface area contributed by atoms with Crippen molar-refractivity contribution in [2.24, 2.45) is 10.7 Å². The number of hydrogen-bond donors (Lipinski definition) is 2. The highest BCUT2D eigenvalue weighted by Crippen LogP contribution is 2.31. The van der Waals surface area contributed by atoms with E-state index in [0.29, 0.717) is 32.3 Å². The van der Waals surface area contributed by atoms with Crippen LogP contribution in [0.5, 0.6) is 5.75 Å². The zero-order chi connectivity index (χ0) is 15.4. The third-order valence-corrected chi connectivity index (χ3v) is 4.32. The van der Waals surface area contributed by atoms with E-state index < -0.39 is 0 Å². The topological polar surface area (TPSA) is 78.1 Å². The molecule has 0 bridgehead atoms. The molecule has 3 rings (SSSR count). The number of rotatable bonds is 4. The van der Waals surface area contributed by atoms with Crippen molar-refractivity contribution in [1.29, 1.82) is 0 Å². The molecule has 6 nitrogen and oxygen atoms in total. The number of fused-ring (bicyclic) bond motifs is 1. The molecule has 1 aromatic rings. The van der Waals surface area contributed by atoms with Crippen molar-refractivity contribution in [3.05, 3.63) is 29.8 Å². The Labute approximate surface area is 130 Å². The second-order valence-corrected chi connectivity index (χ2v) is 5.76. The smallest absolute Gasteiger partial charge is 0.189 e. The number of benzene rings is 1. The van der Waals surface area contributed by atoms with E-state index in [1.807, 2.05) is 18.2 Å². The summed E-state index contributed by atoms with van der Waals surface area (Å²) in [6, 6.07) is 8.14. The molecule has 2 aliphatic rings. The summed E-state index contributed by atoms with van der Waals surface area (Å²) in [4.78, 5) is 4.45. The number of nitrogens with zero attached hydrogens (tertiary/aromatic N) is 1. The second kappa shape index (κ2) is 6.54. The molecular weight excluding hydrogens is 282 g/mol. The van der Waals surface area contributed by atoms with Gasteiger partial charge in [-0.2, -0.15) is 0 Å². The minimum Gasteiger partial charge on any atom is -0.493 e. The summed E-state index contributed by atoms with van der Waals surface area (Å²) in [7, 11) is 1.70. The number of nitrogens with two attached hydrogens (primary N) is 1. The van der Waals surface area contributed by atoms with Crippen LogP contribution < -0.4 is 15.8 Å². The van der Waals surface area contributed by atoms with Gasteiger partial charge in [-0.25, -0.2) is 0 Å². The Kier molecular flexibility index (Phi) is 4.49. The maximum absolute atomic E-state index is 6.06. The van der Waals surface area contributed by atoms with Crippen molar-refractivity contribution in [2.75, 3.05) is 33.5 Å². The van der Waals surface area contributed by atoms with E-state index in [4.69, 9.17) is 19.9 Å². The van der Waals surface area contributed by atoms with E-state index in [2.05, 4.69) is 16.4 Å². The molecule has 0 radical (unpaired) electrons. The lowest BCUT2D eigenvalue weighted by atomic mass is 10.0. The SMILES string of the molecule is COC1(CN=C(N)NC2CCOc3ccccc32)CCOC1. The Hall–Kier alpha value is -1.79. The zero-order valence-electron chi connectivity index (χ0n) is 12.9. The minimum absolute atomic E-state index is 0.132. The van der Waals surface area contributed by atoms with Crippen molar-refractivity contribution in [1.82, 2.24) is 5.32 Å². The van der Waals surface area contributed by atoms with Gasteiger partial charge in [0.15, 0.2) is 5.96 Å². The average molecular weight is 305 g/mol. The van der Waals surface area contributed by atoms with Gasteiger partial charge in [-0.05, 0) is 6.07 Å². The van der Waals surface area contributed by atoms with E-state index >= 15 is 0 Å². The molecule has 2 unspecified atom stereocenters. The van der Waals surface area contributed by atoms with E-state index in [0.717, 1.165) is 24.2 Å². The first-order chi connectivity index (χ1) is 10.7. The number of nitrogens with one attached hydrogen (secondary N) is 1. The molecule has 3 N–H and O–H groups in total. The number of ether oxygens (including phenoxy) is 3. The molecule has 0 aliphatic carbocycles. The van der Waals surface area contributed by atoms with Gasteiger partial charge in [0.2, 0.25) is 0 Å². The summed E-state index contributed by atoms with van der Waals surface area (Å²) in [5.41, 5.74) is 6.84. The number of aliphatic imine (C=N–C) groups is 1. The van der Waals surface area contributed by atoms with Crippen molar-refractivity contribution in [3.63, 3.8) is 0 Å². The molecule has 2 heterocycles. The lowest BCUT2D eigenvalue weighted by Gasteiger charge is -2.27. The summed E-state index contributed by atoms with van der Waals surface area (Å²) >= 11 is 0. The second-order valence-electron chi connectivity index (χ2n) is 5.76. The van der Waals surface area contributed by atoms with Crippen molar-refractivity contribution in [3.8, 4) is 5.75 Å². The van der Waals surface area contributed by atoms with Crippen molar-refractivity contribution < 1.29 is 14.2 Å². The van der Waals surface area contributed by atoms with Crippen LogP contribution in [-0.2, 0) is 9.47 Å². The van der Waals surface area contributed by atoms with Crippen LogP contribution in [0.1, 0.15) is 24.4 Å². The molecule has 2 atom stereocenters. The lowest BCUT2D eigenvalue weighted by Crippen LogP contribution is -2.40. The van der Waals surface area contributed by atoms with Crippen molar-refractivity contribution >= 4 is 5.96 Å². The fourth-order valence-electron chi connectivity index (χ4n) is 2.88. The molecule has 6 heteroatoms. The summed E-state index contributed by atoms with van der Waals surface area (Å²) in [6.07, 6.45) is 1.71. The first-order valence-corrected chi connectivity index (χ1v) is 7.63. The van der Waals surface area contributed by atoms with E-state index in [-0.39, 0.29) is 11.6 Å². The van der Waals surface area contributed by atoms with E-state index in [9.17, 15) is 0 Å². The molecule has 0 spiro atoms. The van der Waals surface area contributed by atoms with Gasteiger partial charge in [0.25, 0.3) is 0 Å². The molecule has 0 amide bonds. The molecule has 1 fully saturated rings. The number of hydrogen-bond acceptors (Lipinski definition) is 4. The minimum atomic E-state index is -0.333. The van der Waals surface area contributed by atoms with Gasteiger partial charge in [0.05, 0.1) is 25.8 Å². The summed E-state index contributed by atoms with van der Waals surface area (Å²) < 4.78 is 16.6. The van der Waals surface area contributed by atoms with Gasteiger partial charge in [-0.3, -0.25) is 4.99 Å². The van der Waals surface area contributed by atoms with Crippen LogP contribution in [0.3, 0.4) is 0 Å². The maximum Gasteiger partial charge on any atom is 0.189 e. The molecule has 0 saturated carbocycles. The van der Waals surface area contributed by atoms with Gasteiger partial charge in [-0.1, -0.05) is 18.2 Å². The Balaban J connectivity index is 1.64. The Morgan fingerprint density at radius 3 is 3.09 bits per heavy atom. The highest BCUT2D eigenvalue weighted by Gasteiger charge is 2.34. The molecule has 1 saturated heterocycles. The molecular formula is C16H23N3O3. The van der Waals surface area contributed by atoms with Crippen LogP contribution in [0.25, 0.3) is 0 Å². The number of methoxy groups -OCH3 is 1. The molecule has 120 valence electrons. The normalized spacial score (nSPS) is 28.0. The van der Waals surface area contributed by atoms with Gasteiger partial charge in [0.1, 0.15) is 11.4 Å². The predicted molar refractivity (Wildman–Crippen MR) is 84.1 cm³/mol. The fraction of sp³-hybridized carbons (Fsp3) is 0.562. The maximum atomic E-state index is 6.06. The monoisotopic (exact) mass is 305 g/mol. The van der Waals surface area contributed by atoms with Crippen LogP contribution in [0.2, 0.25) is 0 Å². The standard InChI is InChI=1S/C16H23N3O3/c1-20-16(7-9-21-11-16)10-18-15(17)19-13-6-8-22-14-5-3-2-4-12(13)14/h2-5,13H,6-11H2,1H3,(H3,17,18,19). The first kappa shape index (κ1) is 15.1. The van der Waals surface area contributed by atoms with Crippen LogP contribution in [0.4, 0.5) is 0 Å². The summed E-state index contributed by atoms with van der Waals surface area (Å²) in [5, 5.41) is 3.29. The van der Waals surface area contributed by atoms with E-state index in [1.165, 1.54) is 0 Å². The Morgan fingerprint density at radius 2 is 2.32 bits per heavy atom. The van der Waals surface area contributed by atoms with Gasteiger partial charge in [-0.15, -0.1) is 0 Å². The van der Waals surface area contributed by atoms with Crippen LogP contribution in [0.15, 0.2) is 29.3 Å². The lowest BCUT2D eigenvalue weighted by molar-refractivity contribution is -0.00906. The third kappa shape index (κ3) is 3.18. The van der Waals surface area contributed by atoms with Crippen LogP contribution in [0, 0.1) is 0 Å². The molecule has 0 aromatic heterocycles. The van der Waals surface area contributed by atoms with Gasteiger partial charge >= 0.3 is 0 Å². The van der Waals surface area contributed by atoms with Crippen LogP contribution >= 0.6 is 0 Å². The van der Waals surface area contributed by atoms with Gasteiger partial charge < -0.3 is 25.3 Å². The van der Waals surface area contributed by atoms with Gasteiger partial charge in [0, 0.05) is 32.1 Å². The Bertz CT molecular complexity index is 541. The first-order valence-electron chi connectivity index (χ1n) is 7.63. The highest BCUT2D eigenvalue weighted by atomic mass is 16.5. The van der Waals surface area contributed by atoms with Crippen molar-refractivity contribution in [2.45, 2.75) is 24.5 Å². The highest BCUT2D eigenvalue weighted by molar-refractivity contribution is 5.78. The molecule has 2 aliphatic heterocycles. The zero-order valence-corrected chi connectivity index (χ0v) is 12.9. The summed E-state index contributed by atoms with van der Waals surface area (Å²) in [6.45, 7) is 2.47. The molecule has 22 heavy (non-hydrogen) atoms. The molecule has 1 aromatic carbocycles. The summed E-state index contributed by atoms with van der Waals surface area (Å²) in [5.74, 6) is 1.35. The number of para-hydroxylation sites is 1. The Morgan fingerprint density at radius 1 is 1.45 bits per heavy atom.